The molecule has 0 amide bonds. The van der Waals surface area contributed by atoms with Crippen LogP contribution in [0.2, 0.25) is 0 Å². The predicted octanol–water partition coefficient (Wildman–Crippen LogP) is 6.86. The maximum atomic E-state index is 5.91. The molecule has 1 aromatic carbocycles. The van der Waals surface area contributed by atoms with E-state index in [-0.39, 0.29) is 12.1 Å². The first-order valence-corrected chi connectivity index (χ1v) is 12.6. The first-order chi connectivity index (χ1) is 15.5. The van der Waals surface area contributed by atoms with Crippen LogP contribution in [-0.2, 0) is 0 Å². The quantitative estimate of drug-likeness (QED) is 0.390. The number of hydrogen-bond acceptors (Lipinski definition) is 2. The van der Waals surface area contributed by atoms with Gasteiger partial charge in [-0.1, -0.05) is 34.8 Å². The van der Waals surface area contributed by atoms with Crippen molar-refractivity contribution in [2.45, 2.75) is 64.6 Å². The smallest absolute Gasteiger partial charge is 0.174 e. The van der Waals surface area contributed by atoms with Gasteiger partial charge >= 0.3 is 0 Å². The second kappa shape index (κ2) is 8.64. The number of hydrogen-bond donors (Lipinski definition) is 1. The fourth-order valence-corrected chi connectivity index (χ4v) is 6.15. The molecule has 0 bridgehead atoms. The van der Waals surface area contributed by atoms with Gasteiger partial charge in [-0.05, 0) is 93.4 Å². The average molecular weight is 510 g/mol. The fourth-order valence-electron chi connectivity index (χ4n) is 5.55. The molecule has 32 heavy (non-hydrogen) atoms. The van der Waals surface area contributed by atoms with Crippen molar-refractivity contribution in [1.29, 1.82) is 0 Å². The minimum atomic E-state index is -0.00909. The molecule has 1 saturated carbocycles. The van der Waals surface area contributed by atoms with Gasteiger partial charge in [-0.3, -0.25) is 4.98 Å². The molecule has 3 heterocycles. The molecule has 4 nitrogen and oxygen atoms in total. The van der Waals surface area contributed by atoms with Gasteiger partial charge in [0.1, 0.15) is 0 Å². The van der Waals surface area contributed by atoms with E-state index in [1.54, 1.807) is 0 Å². The molecule has 0 unspecified atom stereocenters. The summed E-state index contributed by atoms with van der Waals surface area (Å²) in [5, 5.41) is 4.35. The molecular formula is C26H29BrN4S. The number of thiocarbonyl (C=S) groups is 1. The second-order valence-electron chi connectivity index (χ2n) is 9.06. The summed E-state index contributed by atoms with van der Waals surface area (Å²) in [6, 6.07) is 15.6. The number of aryl methyl sites for hydroxylation is 2. The molecule has 2 fully saturated rings. The molecule has 166 valence electrons. The Kier molecular flexibility index (Phi) is 5.84. The van der Waals surface area contributed by atoms with Crippen LogP contribution in [0.25, 0.3) is 0 Å². The Balaban J connectivity index is 1.65. The van der Waals surface area contributed by atoms with E-state index in [4.69, 9.17) is 17.2 Å². The Morgan fingerprint density at radius 2 is 1.84 bits per heavy atom. The molecule has 0 radical (unpaired) electrons. The van der Waals surface area contributed by atoms with E-state index in [1.807, 2.05) is 12.3 Å². The lowest BCUT2D eigenvalue weighted by atomic mass is 9.96. The van der Waals surface area contributed by atoms with Crippen molar-refractivity contribution in [2.75, 3.05) is 4.90 Å². The molecule has 1 aliphatic heterocycles. The Morgan fingerprint density at radius 1 is 1.06 bits per heavy atom. The fraction of sp³-hybridized carbons (Fsp3) is 0.385. The van der Waals surface area contributed by atoms with Gasteiger partial charge in [-0.2, -0.15) is 0 Å². The summed E-state index contributed by atoms with van der Waals surface area (Å²) in [4.78, 5) is 6.99. The minimum absolute atomic E-state index is 0.00909. The SMILES string of the molecule is Cc1cc(N2C(=S)N[C@@H](c3ccccn3)[C@@H]2c2cc(C)n(C3CCCC3)c2C)ccc1Br. The maximum absolute atomic E-state index is 5.91. The van der Waals surface area contributed by atoms with E-state index in [1.165, 1.54) is 48.2 Å². The van der Waals surface area contributed by atoms with Gasteiger partial charge < -0.3 is 14.8 Å². The third-order valence-electron chi connectivity index (χ3n) is 7.05. The summed E-state index contributed by atoms with van der Waals surface area (Å²) in [6.45, 7) is 6.65. The molecule has 1 N–H and O–H groups in total. The highest BCUT2D eigenvalue weighted by Gasteiger charge is 2.42. The van der Waals surface area contributed by atoms with Gasteiger partial charge in [-0.25, -0.2) is 0 Å². The third kappa shape index (κ3) is 3.67. The van der Waals surface area contributed by atoms with E-state index in [0.29, 0.717) is 6.04 Å². The number of aromatic nitrogens is 2. The van der Waals surface area contributed by atoms with Crippen LogP contribution in [-0.4, -0.2) is 14.7 Å². The monoisotopic (exact) mass is 508 g/mol. The largest absolute Gasteiger partial charge is 0.351 e. The van der Waals surface area contributed by atoms with Gasteiger partial charge in [0.2, 0.25) is 0 Å². The Hall–Kier alpha value is -2.18. The number of anilines is 1. The Morgan fingerprint density at radius 3 is 2.53 bits per heavy atom. The normalized spacial score (nSPS) is 21.4. The average Bonchev–Trinajstić information content (AvgIpc) is 3.49. The van der Waals surface area contributed by atoms with Crippen molar-refractivity contribution in [1.82, 2.24) is 14.9 Å². The van der Waals surface area contributed by atoms with Crippen molar-refractivity contribution >= 4 is 38.9 Å². The van der Waals surface area contributed by atoms with Gasteiger partial charge in [0.25, 0.3) is 0 Å². The number of nitrogens with zero attached hydrogens (tertiary/aromatic N) is 3. The van der Waals surface area contributed by atoms with Crippen molar-refractivity contribution in [3.05, 3.63) is 81.3 Å². The first kappa shape index (κ1) is 21.7. The molecule has 1 saturated heterocycles. The molecular weight excluding hydrogens is 480 g/mol. The highest BCUT2D eigenvalue weighted by Crippen LogP contribution is 2.45. The zero-order valence-corrected chi connectivity index (χ0v) is 21.2. The van der Waals surface area contributed by atoms with Crippen LogP contribution in [0, 0.1) is 20.8 Å². The molecule has 2 atom stereocenters. The van der Waals surface area contributed by atoms with Gasteiger partial charge in [0, 0.05) is 33.8 Å². The first-order valence-electron chi connectivity index (χ1n) is 11.4. The summed E-state index contributed by atoms with van der Waals surface area (Å²) in [6.07, 6.45) is 7.07. The number of benzene rings is 1. The van der Waals surface area contributed by atoms with Gasteiger partial charge in [0.15, 0.2) is 5.11 Å². The van der Waals surface area contributed by atoms with Crippen molar-refractivity contribution in [3.63, 3.8) is 0 Å². The number of rotatable bonds is 4. The molecule has 6 heteroatoms. The van der Waals surface area contributed by atoms with Gasteiger partial charge in [0.05, 0.1) is 17.8 Å². The van der Waals surface area contributed by atoms with Crippen LogP contribution in [0.3, 0.4) is 0 Å². The topological polar surface area (TPSA) is 33.1 Å². The summed E-state index contributed by atoms with van der Waals surface area (Å²) >= 11 is 9.55. The van der Waals surface area contributed by atoms with Crippen LogP contribution < -0.4 is 10.2 Å². The molecule has 3 aromatic rings. The van der Waals surface area contributed by atoms with Crippen LogP contribution in [0.4, 0.5) is 5.69 Å². The molecule has 2 aliphatic rings. The highest BCUT2D eigenvalue weighted by atomic mass is 79.9. The second-order valence-corrected chi connectivity index (χ2v) is 10.3. The predicted molar refractivity (Wildman–Crippen MR) is 138 cm³/mol. The maximum Gasteiger partial charge on any atom is 0.174 e. The highest BCUT2D eigenvalue weighted by molar-refractivity contribution is 9.10. The third-order valence-corrected chi connectivity index (χ3v) is 8.25. The molecule has 0 spiro atoms. The van der Waals surface area contributed by atoms with E-state index in [2.05, 4.69) is 87.9 Å². The lowest BCUT2D eigenvalue weighted by Crippen LogP contribution is -2.29. The molecule has 2 aromatic heterocycles. The van der Waals surface area contributed by atoms with Crippen molar-refractivity contribution < 1.29 is 0 Å². The minimum Gasteiger partial charge on any atom is -0.351 e. The van der Waals surface area contributed by atoms with Crippen molar-refractivity contribution in [3.8, 4) is 0 Å². The molecule has 1 aliphatic carbocycles. The standard InChI is InChI=1S/C26H29BrN4S/c1-16-14-20(11-12-22(16)27)31-25(24(29-26(31)32)23-10-6-7-13-28-23)21-15-17(2)30(18(21)3)19-8-4-5-9-19/h6-7,10-15,19,24-25H,4-5,8-9H2,1-3H3,(H,29,32)/t24-,25-/m0/s1. The Labute approximate surface area is 204 Å². The Bertz CT molecular complexity index is 1150. The number of halogens is 1. The lowest BCUT2D eigenvalue weighted by molar-refractivity contribution is 0.494. The zero-order valence-electron chi connectivity index (χ0n) is 18.8. The van der Waals surface area contributed by atoms with Crippen molar-refractivity contribution in [2.24, 2.45) is 0 Å². The number of pyridine rings is 1. The number of nitrogens with one attached hydrogen (secondary N) is 1. The summed E-state index contributed by atoms with van der Waals surface area (Å²) in [7, 11) is 0. The van der Waals surface area contributed by atoms with Crippen LogP contribution in [0.1, 0.15) is 72.0 Å². The van der Waals surface area contributed by atoms with Gasteiger partial charge in [-0.15, -0.1) is 0 Å². The van der Waals surface area contributed by atoms with E-state index in [9.17, 15) is 0 Å². The van der Waals surface area contributed by atoms with Crippen LogP contribution >= 0.6 is 28.1 Å². The summed E-state index contributed by atoms with van der Waals surface area (Å²) < 4.78 is 3.68. The molecule has 5 rings (SSSR count). The van der Waals surface area contributed by atoms with E-state index >= 15 is 0 Å². The summed E-state index contributed by atoms with van der Waals surface area (Å²) in [5.41, 5.74) is 7.35. The summed E-state index contributed by atoms with van der Waals surface area (Å²) in [5.74, 6) is 0. The van der Waals surface area contributed by atoms with E-state index < -0.39 is 0 Å². The van der Waals surface area contributed by atoms with Crippen LogP contribution in [0.5, 0.6) is 0 Å². The van der Waals surface area contributed by atoms with Crippen LogP contribution in [0.15, 0.2) is 53.1 Å². The lowest BCUT2D eigenvalue weighted by Gasteiger charge is -2.29. The zero-order chi connectivity index (χ0) is 22.4. The van der Waals surface area contributed by atoms with E-state index in [0.717, 1.165) is 21.0 Å².